The van der Waals surface area contributed by atoms with Crippen molar-refractivity contribution in [2.75, 3.05) is 19.0 Å². The predicted octanol–water partition coefficient (Wildman–Crippen LogP) is 1.95. The SMILES string of the molecule is COc1cc(F)ccc1NC(=O)[C@@H]1CCCO1. The average molecular weight is 239 g/mol. The number of hydrogen-bond donors (Lipinski definition) is 1. The van der Waals surface area contributed by atoms with Crippen LogP contribution in [0.5, 0.6) is 5.75 Å². The number of nitrogens with one attached hydrogen (secondary N) is 1. The van der Waals surface area contributed by atoms with Crippen LogP contribution >= 0.6 is 0 Å². The molecule has 0 spiro atoms. The monoisotopic (exact) mass is 239 g/mol. The maximum absolute atomic E-state index is 13.0. The molecule has 1 N–H and O–H groups in total. The Morgan fingerprint density at radius 3 is 3.06 bits per heavy atom. The molecule has 1 amide bonds. The molecule has 0 saturated carbocycles. The number of amides is 1. The number of carbonyl (C=O) groups is 1. The Balaban J connectivity index is 2.09. The number of rotatable bonds is 3. The highest BCUT2D eigenvalue weighted by atomic mass is 19.1. The number of benzene rings is 1. The maximum atomic E-state index is 13.0. The van der Waals surface area contributed by atoms with Gasteiger partial charge >= 0.3 is 0 Å². The van der Waals surface area contributed by atoms with Crippen LogP contribution in [0.1, 0.15) is 12.8 Å². The predicted molar refractivity (Wildman–Crippen MR) is 60.6 cm³/mol. The number of anilines is 1. The van der Waals surface area contributed by atoms with Crippen molar-refractivity contribution >= 4 is 11.6 Å². The summed E-state index contributed by atoms with van der Waals surface area (Å²) in [7, 11) is 1.43. The first kappa shape index (κ1) is 11.9. The van der Waals surface area contributed by atoms with E-state index in [0.717, 1.165) is 12.8 Å². The first-order valence-electron chi connectivity index (χ1n) is 5.46. The van der Waals surface area contributed by atoms with Crippen LogP contribution in [0.4, 0.5) is 10.1 Å². The van der Waals surface area contributed by atoms with E-state index < -0.39 is 11.9 Å². The van der Waals surface area contributed by atoms with Crippen LogP contribution in [0.3, 0.4) is 0 Å². The van der Waals surface area contributed by atoms with Crippen molar-refractivity contribution in [3.8, 4) is 5.75 Å². The average Bonchev–Trinajstić information content (AvgIpc) is 2.85. The molecule has 5 heteroatoms. The van der Waals surface area contributed by atoms with Crippen LogP contribution < -0.4 is 10.1 Å². The summed E-state index contributed by atoms with van der Waals surface area (Å²) in [5.74, 6) is -0.319. The summed E-state index contributed by atoms with van der Waals surface area (Å²) in [5.41, 5.74) is 0.453. The molecule has 2 rings (SSSR count). The van der Waals surface area contributed by atoms with E-state index in [0.29, 0.717) is 18.0 Å². The Kier molecular flexibility index (Phi) is 3.58. The quantitative estimate of drug-likeness (QED) is 0.877. The molecule has 1 fully saturated rings. The molecule has 0 unspecified atom stereocenters. The molecule has 92 valence electrons. The summed E-state index contributed by atoms with van der Waals surface area (Å²) >= 11 is 0. The molecule has 0 aliphatic carbocycles. The molecule has 1 saturated heterocycles. The van der Waals surface area contributed by atoms with Crippen molar-refractivity contribution in [3.05, 3.63) is 24.0 Å². The van der Waals surface area contributed by atoms with Gasteiger partial charge in [-0.15, -0.1) is 0 Å². The Labute approximate surface area is 98.7 Å². The zero-order valence-corrected chi connectivity index (χ0v) is 9.53. The fourth-order valence-corrected chi connectivity index (χ4v) is 1.77. The Morgan fingerprint density at radius 1 is 1.59 bits per heavy atom. The van der Waals surface area contributed by atoms with Gasteiger partial charge in [-0.1, -0.05) is 0 Å². The van der Waals surface area contributed by atoms with Crippen molar-refractivity contribution < 1.29 is 18.7 Å². The summed E-state index contributed by atoms with van der Waals surface area (Å²) in [5, 5.41) is 2.68. The molecule has 0 radical (unpaired) electrons. The molecule has 1 aliphatic heterocycles. The van der Waals surface area contributed by atoms with E-state index in [-0.39, 0.29) is 5.91 Å². The third-order valence-electron chi connectivity index (χ3n) is 2.64. The molecule has 1 aliphatic rings. The largest absolute Gasteiger partial charge is 0.494 e. The zero-order valence-electron chi connectivity index (χ0n) is 9.53. The lowest BCUT2D eigenvalue weighted by molar-refractivity contribution is -0.124. The Morgan fingerprint density at radius 2 is 2.41 bits per heavy atom. The lowest BCUT2D eigenvalue weighted by atomic mass is 10.2. The Hall–Kier alpha value is -1.62. The molecular weight excluding hydrogens is 225 g/mol. The van der Waals surface area contributed by atoms with Crippen molar-refractivity contribution in [2.45, 2.75) is 18.9 Å². The topological polar surface area (TPSA) is 47.6 Å². The van der Waals surface area contributed by atoms with Crippen LogP contribution in [-0.2, 0) is 9.53 Å². The van der Waals surface area contributed by atoms with Gasteiger partial charge in [-0.05, 0) is 25.0 Å². The second-order valence-corrected chi connectivity index (χ2v) is 3.84. The molecule has 0 aromatic heterocycles. The van der Waals surface area contributed by atoms with E-state index in [1.165, 1.54) is 25.3 Å². The summed E-state index contributed by atoms with van der Waals surface area (Å²) in [6.07, 6.45) is 1.19. The minimum absolute atomic E-state index is 0.215. The molecule has 1 aromatic rings. The van der Waals surface area contributed by atoms with Gasteiger partial charge in [-0.3, -0.25) is 4.79 Å². The van der Waals surface area contributed by atoms with Crippen LogP contribution in [0.25, 0.3) is 0 Å². The highest BCUT2D eigenvalue weighted by molar-refractivity contribution is 5.95. The molecule has 4 nitrogen and oxygen atoms in total. The van der Waals surface area contributed by atoms with Gasteiger partial charge in [0.2, 0.25) is 0 Å². The first-order valence-corrected chi connectivity index (χ1v) is 5.46. The van der Waals surface area contributed by atoms with Crippen molar-refractivity contribution in [1.29, 1.82) is 0 Å². The summed E-state index contributed by atoms with van der Waals surface area (Å²) in [6.45, 7) is 0.610. The molecular formula is C12H14FNO3. The van der Waals surface area contributed by atoms with E-state index in [4.69, 9.17) is 9.47 Å². The maximum Gasteiger partial charge on any atom is 0.253 e. The van der Waals surface area contributed by atoms with Gasteiger partial charge in [0.1, 0.15) is 17.7 Å². The van der Waals surface area contributed by atoms with Gasteiger partial charge in [0.15, 0.2) is 0 Å². The van der Waals surface area contributed by atoms with Gasteiger partial charge < -0.3 is 14.8 Å². The smallest absolute Gasteiger partial charge is 0.253 e. The van der Waals surface area contributed by atoms with Crippen molar-refractivity contribution in [3.63, 3.8) is 0 Å². The number of halogens is 1. The van der Waals surface area contributed by atoms with Crippen molar-refractivity contribution in [2.24, 2.45) is 0 Å². The lowest BCUT2D eigenvalue weighted by Gasteiger charge is -2.13. The van der Waals surface area contributed by atoms with Gasteiger partial charge in [0.05, 0.1) is 12.8 Å². The van der Waals surface area contributed by atoms with Gasteiger partial charge in [0, 0.05) is 12.7 Å². The number of hydrogen-bond acceptors (Lipinski definition) is 3. The molecule has 17 heavy (non-hydrogen) atoms. The normalized spacial score (nSPS) is 19.1. The molecule has 1 atom stereocenters. The standard InChI is InChI=1S/C12H14FNO3/c1-16-11-7-8(13)4-5-9(11)14-12(15)10-3-2-6-17-10/h4-5,7,10H,2-3,6H2,1H3,(H,14,15)/t10-/m0/s1. The van der Waals surface area contributed by atoms with E-state index >= 15 is 0 Å². The fourth-order valence-electron chi connectivity index (χ4n) is 1.77. The highest BCUT2D eigenvalue weighted by Crippen LogP contribution is 2.26. The van der Waals surface area contributed by atoms with E-state index in [2.05, 4.69) is 5.32 Å². The zero-order chi connectivity index (χ0) is 12.3. The highest BCUT2D eigenvalue weighted by Gasteiger charge is 2.24. The molecule has 1 aromatic carbocycles. The summed E-state index contributed by atoms with van der Waals surface area (Å²) in [6, 6.07) is 3.97. The van der Waals surface area contributed by atoms with Gasteiger partial charge in [-0.25, -0.2) is 4.39 Å². The minimum Gasteiger partial charge on any atom is -0.494 e. The van der Waals surface area contributed by atoms with Gasteiger partial charge in [-0.2, -0.15) is 0 Å². The van der Waals surface area contributed by atoms with E-state index in [1.54, 1.807) is 0 Å². The van der Waals surface area contributed by atoms with Crippen LogP contribution in [0.2, 0.25) is 0 Å². The number of ether oxygens (including phenoxy) is 2. The lowest BCUT2D eigenvalue weighted by Crippen LogP contribution is -2.27. The van der Waals surface area contributed by atoms with Crippen LogP contribution in [0.15, 0.2) is 18.2 Å². The summed E-state index contributed by atoms with van der Waals surface area (Å²) < 4.78 is 23.2. The second-order valence-electron chi connectivity index (χ2n) is 3.84. The first-order chi connectivity index (χ1) is 8.20. The van der Waals surface area contributed by atoms with Crippen LogP contribution in [-0.4, -0.2) is 25.7 Å². The molecule has 0 bridgehead atoms. The second kappa shape index (κ2) is 5.14. The molecule has 1 heterocycles. The third-order valence-corrected chi connectivity index (χ3v) is 2.64. The van der Waals surface area contributed by atoms with Crippen LogP contribution in [0, 0.1) is 5.82 Å². The van der Waals surface area contributed by atoms with Crippen molar-refractivity contribution in [1.82, 2.24) is 0 Å². The number of carbonyl (C=O) groups excluding carboxylic acids is 1. The number of methoxy groups -OCH3 is 1. The van der Waals surface area contributed by atoms with E-state index in [9.17, 15) is 9.18 Å². The summed E-state index contributed by atoms with van der Waals surface area (Å²) in [4.78, 5) is 11.8. The minimum atomic E-state index is -0.412. The van der Waals surface area contributed by atoms with Gasteiger partial charge in [0.25, 0.3) is 5.91 Å². The fraction of sp³-hybridized carbons (Fsp3) is 0.417. The van der Waals surface area contributed by atoms with E-state index in [1.807, 2.05) is 0 Å². The third kappa shape index (κ3) is 2.74. The Bertz CT molecular complexity index is 416.